The number of amides is 1. The highest BCUT2D eigenvalue weighted by Gasteiger charge is 2.52. The molecular formula is C22H26Cl2N6O3. The summed E-state index contributed by atoms with van der Waals surface area (Å²) >= 11 is 12.0. The van der Waals surface area contributed by atoms with Gasteiger partial charge in [0.1, 0.15) is 5.52 Å². The van der Waals surface area contributed by atoms with Gasteiger partial charge in [-0.2, -0.15) is 5.10 Å². The first-order valence-electron chi connectivity index (χ1n) is 10.7. The molecule has 0 spiro atoms. The Morgan fingerprint density at radius 1 is 1.30 bits per heavy atom. The van der Waals surface area contributed by atoms with Crippen LogP contribution in [-0.4, -0.2) is 47.9 Å². The van der Waals surface area contributed by atoms with Gasteiger partial charge in [0, 0.05) is 13.1 Å². The molecule has 1 unspecified atom stereocenters. The molecule has 176 valence electrons. The molecule has 11 heteroatoms. The van der Waals surface area contributed by atoms with Crippen LogP contribution in [0.3, 0.4) is 0 Å². The highest BCUT2D eigenvalue weighted by molar-refractivity contribution is 6.42. The highest BCUT2D eigenvalue weighted by atomic mass is 35.5. The molecule has 4 rings (SSSR count). The molecule has 2 aromatic heterocycles. The fourth-order valence-electron chi connectivity index (χ4n) is 4.63. The normalized spacial score (nSPS) is 18.8. The van der Waals surface area contributed by atoms with Gasteiger partial charge >= 0.3 is 6.09 Å². The molecule has 0 bridgehead atoms. The fraction of sp³-hybridized carbons (Fsp3) is 0.455. The molecule has 0 saturated carbocycles. The van der Waals surface area contributed by atoms with E-state index in [-0.39, 0.29) is 17.5 Å². The van der Waals surface area contributed by atoms with Gasteiger partial charge in [0.05, 0.1) is 28.3 Å². The number of anilines is 1. The monoisotopic (exact) mass is 492 g/mol. The molecule has 3 heterocycles. The zero-order chi connectivity index (χ0) is 24.0. The van der Waals surface area contributed by atoms with E-state index >= 15 is 0 Å². The van der Waals surface area contributed by atoms with Crippen LogP contribution in [0.15, 0.2) is 29.2 Å². The quantitative estimate of drug-likeness (QED) is 0.479. The largest absolute Gasteiger partial charge is 0.465 e. The molecule has 1 fully saturated rings. The molecule has 1 atom stereocenters. The maximum absolute atomic E-state index is 13.0. The Morgan fingerprint density at radius 2 is 2.06 bits per heavy atom. The van der Waals surface area contributed by atoms with Crippen LogP contribution in [0.4, 0.5) is 10.7 Å². The molecule has 1 aliphatic heterocycles. The Hall–Kier alpha value is -2.78. The predicted molar refractivity (Wildman–Crippen MR) is 128 cm³/mol. The van der Waals surface area contributed by atoms with Crippen molar-refractivity contribution < 1.29 is 9.90 Å². The lowest BCUT2D eigenvalue weighted by molar-refractivity contribution is 0.0162. The molecule has 0 radical (unpaired) electrons. The first-order valence-corrected chi connectivity index (χ1v) is 11.4. The van der Waals surface area contributed by atoms with Crippen LogP contribution < -0.4 is 10.9 Å². The van der Waals surface area contributed by atoms with Crippen molar-refractivity contribution in [3.63, 3.8) is 0 Å². The third-order valence-corrected chi connectivity index (χ3v) is 7.21. The van der Waals surface area contributed by atoms with Gasteiger partial charge in [0.2, 0.25) is 5.95 Å². The van der Waals surface area contributed by atoms with Crippen molar-refractivity contribution in [2.45, 2.75) is 52.2 Å². The van der Waals surface area contributed by atoms with E-state index in [0.29, 0.717) is 46.5 Å². The minimum Gasteiger partial charge on any atom is -0.465 e. The van der Waals surface area contributed by atoms with Crippen molar-refractivity contribution in [2.75, 3.05) is 11.9 Å². The molecule has 0 aliphatic carbocycles. The second kappa shape index (κ2) is 8.53. The van der Waals surface area contributed by atoms with Crippen LogP contribution in [0, 0.1) is 5.41 Å². The Morgan fingerprint density at radius 3 is 2.73 bits per heavy atom. The Labute approximate surface area is 200 Å². The van der Waals surface area contributed by atoms with Crippen LogP contribution in [0.2, 0.25) is 10.0 Å². The second-order valence-electron chi connectivity index (χ2n) is 9.37. The van der Waals surface area contributed by atoms with E-state index in [2.05, 4.69) is 20.4 Å². The maximum atomic E-state index is 13.0. The number of fused-ring (bicyclic) bond motifs is 1. The zero-order valence-electron chi connectivity index (χ0n) is 18.7. The van der Waals surface area contributed by atoms with Crippen LogP contribution in [0.1, 0.15) is 39.2 Å². The molecule has 1 saturated heterocycles. The number of aromatic nitrogens is 4. The number of nitrogens with one attached hydrogen (secondary N) is 2. The number of carboxylic acid groups (broad SMARTS) is 1. The lowest BCUT2D eigenvalue weighted by atomic mass is 9.71. The van der Waals surface area contributed by atoms with Gasteiger partial charge in [-0.3, -0.25) is 14.5 Å². The van der Waals surface area contributed by atoms with Gasteiger partial charge < -0.3 is 15.3 Å². The van der Waals surface area contributed by atoms with E-state index in [1.54, 1.807) is 16.8 Å². The number of H-pyrrole nitrogens is 1. The van der Waals surface area contributed by atoms with Crippen LogP contribution in [0.5, 0.6) is 0 Å². The summed E-state index contributed by atoms with van der Waals surface area (Å²) in [6.45, 7) is 7.19. The number of hydrogen-bond donors (Lipinski definition) is 3. The van der Waals surface area contributed by atoms with Gasteiger partial charge in [-0.05, 0) is 36.0 Å². The van der Waals surface area contributed by atoms with Crippen molar-refractivity contribution in [3.8, 4) is 0 Å². The molecule has 33 heavy (non-hydrogen) atoms. The number of aromatic amines is 1. The standard InChI is InChI=1S/C22H26Cl2N6O3/c1-21(2,3)22(7-4-8-29(22)20(32)33)12-30-17-16(11-26-30)27-19(28-18(17)31)25-10-13-5-6-14(23)15(24)9-13/h5-6,9,11H,4,7-8,10,12H2,1-3H3,(H,32,33)(H2,25,27,28,31). The minimum absolute atomic E-state index is 0.271. The fourth-order valence-corrected chi connectivity index (χ4v) is 4.95. The predicted octanol–water partition coefficient (Wildman–Crippen LogP) is 4.60. The van der Waals surface area contributed by atoms with Crippen LogP contribution in [-0.2, 0) is 13.1 Å². The Bertz CT molecular complexity index is 1270. The molecule has 1 amide bonds. The lowest BCUT2D eigenvalue weighted by Gasteiger charge is -2.47. The van der Waals surface area contributed by atoms with Gasteiger partial charge in [-0.1, -0.05) is 50.0 Å². The minimum atomic E-state index is -0.959. The Balaban J connectivity index is 1.63. The summed E-state index contributed by atoms with van der Waals surface area (Å²) in [5.41, 5.74) is 0.231. The van der Waals surface area contributed by atoms with Crippen molar-refractivity contribution in [1.29, 1.82) is 0 Å². The van der Waals surface area contributed by atoms with Crippen molar-refractivity contribution in [3.05, 3.63) is 50.4 Å². The first kappa shape index (κ1) is 23.4. The summed E-state index contributed by atoms with van der Waals surface area (Å²) in [4.78, 5) is 33.7. The van der Waals surface area contributed by atoms with E-state index in [1.165, 1.54) is 11.1 Å². The van der Waals surface area contributed by atoms with Gasteiger partial charge in [0.15, 0.2) is 5.52 Å². The summed E-state index contributed by atoms with van der Waals surface area (Å²) in [6, 6.07) is 5.28. The Kier molecular flexibility index (Phi) is 6.05. The van der Waals surface area contributed by atoms with Gasteiger partial charge in [-0.15, -0.1) is 0 Å². The van der Waals surface area contributed by atoms with E-state index < -0.39 is 11.6 Å². The number of carbonyl (C=O) groups is 1. The van der Waals surface area contributed by atoms with E-state index in [0.717, 1.165) is 12.0 Å². The topological polar surface area (TPSA) is 116 Å². The van der Waals surface area contributed by atoms with Gasteiger partial charge in [0.25, 0.3) is 5.56 Å². The third kappa shape index (κ3) is 4.27. The van der Waals surface area contributed by atoms with Crippen molar-refractivity contribution in [1.82, 2.24) is 24.6 Å². The smallest absolute Gasteiger partial charge is 0.407 e. The molecule has 1 aliphatic rings. The molecule has 3 N–H and O–H groups in total. The van der Waals surface area contributed by atoms with E-state index in [4.69, 9.17) is 23.2 Å². The average molecular weight is 493 g/mol. The number of rotatable bonds is 5. The molecule has 1 aromatic carbocycles. The van der Waals surface area contributed by atoms with Crippen molar-refractivity contribution >= 4 is 46.3 Å². The number of halogens is 2. The van der Waals surface area contributed by atoms with Crippen molar-refractivity contribution in [2.24, 2.45) is 5.41 Å². The number of hydrogen-bond acceptors (Lipinski definition) is 5. The summed E-state index contributed by atoms with van der Waals surface area (Å²) < 4.78 is 1.58. The lowest BCUT2D eigenvalue weighted by Crippen LogP contribution is -2.58. The third-order valence-electron chi connectivity index (χ3n) is 6.47. The first-order chi connectivity index (χ1) is 15.5. The number of likely N-dealkylation sites (tertiary alicyclic amines) is 1. The van der Waals surface area contributed by atoms with Crippen LogP contribution >= 0.6 is 23.2 Å². The number of nitrogens with zero attached hydrogens (tertiary/aromatic N) is 4. The van der Waals surface area contributed by atoms with E-state index in [1.807, 2.05) is 26.8 Å². The zero-order valence-corrected chi connectivity index (χ0v) is 20.2. The van der Waals surface area contributed by atoms with Gasteiger partial charge in [-0.25, -0.2) is 9.78 Å². The summed E-state index contributed by atoms with van der Waals surface area (Å²) in [7, 11) is 0. The molecular weight excluding hydrogens is 467 g/mol. The van der Waals surface area contributed by atoms with Crippen LogP contribution in [0.25, 0.3) is 11.0 Å². The number of benzene rings is 1. The summed E-state index contributed by atoms with van der Waals surface area (Å²) in [5, 5.41) is 18.2. The average Bonchev–Trinajstić information content (AvgIpc) is 3.34. The highest BCUT2D eigenvalue weighted by Crippen LogP contribution is 2.45. The SMILES string of the molecule is CC(C)(C)C1(Cn2ncc3nc(NCc4ccc(Cl)c(Cl)c4)[nH]c(=O)c32)CCCN1C(=O)O. The van der Waals surface area contributed by atoms with E-state index in [9.17, 15) is 14.7 Å². The molecule has 3 aromatic rings. The maximum Gasteiger partial charge on any atom is 0.407 e. The summed E-state index contributed by atoms with van der Waals surface area (Å²) in [6.07, 6.45) is 2.03. The summed E-state index contributed by atoms with van der Waals surface area (Å²) in [5.74, 6) is 0.302. The molecule has 9 nitrogen and oxygen atoms in total. The second-order valence-corrected chi connectivity index (χ2v) is 10.2.